The van der Waals surface area contributed by atoms with Gasteiger partial charge in [-0.05, 0) is 42.0 Å². The van der Waals surface area contributed by atoms with E-state index < -0.39 is 21.0 Å². The van der Waals surface area contributed by atoms with Crippen LogP contribution in [0.2, 0.25) is 0 Å². The van der Waals surface area contributed by atoms with Crippen molar-refractivity contribution < 1.29 is 18.1 Å². The number of nitrogens with one attached hydrogen (secondary N) is 2. The number of carbonyl (C=O) groups excluding carboxylic acids is 1. The SMILES string of the molecule is Nc1ccc(S(N)(=O)=O)c(-c2ccc(NC(=O)Nc3ccccc3[N+](=O)[O-])cc2)c1. The molecule has 0 unspecified atom stereocenters. The number of anilines is 3. The number of benzene rings is 3. The number of rotatable bonds is 5. The summed E-state index contributed by atoms with van der Waals surface area (Å²) in [5.41, 5.74) is 7.18. The molecule has 154 valence electrons. The van der Waals surface area contributed by atoms with Crippen LogP contribution < -0.4 is 21.5 Å². The van der Waals surface area contributed by atoms with Gasteiger partial charge in [0.05, 0.1) is 9.82 Å². The molecule has 0 aliphatic rings. The normalized spacial score (nSPS) is 11.0. The maximum absolute atomic E-state index is 12.2. The predicted octanol–water partition coefficient (Wildman–Crippen LogP) is 3.14. The smallest absolute Gasteiger partial charge is 0.323 e. The van der Waals surface area contributed by atoms with Crippen LogP contribution in [0.25, 0.3) is 11.1 Å². The summed E-state index contributed by atoms with van der Waals surface area (Å²) in [6.45, 7) is 0. The van der Waals surface area contributed by atoms with Gasteiger partial charge in [0.2, 0.25) is 10.0 Å². The van der Waals surface area contributed by atoms with Crippen LogP contribution in [0.5, 0.6) is 0 Å². The summed E-state index contributed by atoms with van der Waals surface area (Å²) >= 11 is 0. The van der Waals surface area contributed by atoms with Crippen molar-refractivity contribution in [1.82, 2.24) is 0 Å². The molecule has 10 nitrogen and oxygen atoms in total. The predicted molar refractivity (Wildman–Crippen MR) is 113 cm³/mol. The fourth-order valence-electron chi connectivity index (χ4n) is 2.78. The van der Waals surface area contributed by atoms with Crippen molar-refractivity contribution in [1.29, 1.82) is 0 Å². The Hall–Kier alpha value is -3.96. The summed E-state index contributed by atoms with van der Waals surface area (Å²) in [5, 5.41) is 21.3. The zero-order valence-electron chi connectivity index (χ0n) is 15.4. The molecule has 0 heterocycles. The molecule has 3 aromatic rings. The molecular formula is C19H17N5O5S. The molecule has 0 saturated heterocycles. The summed E-state index contributed by atoms with van der Waals surface area (Å²) < 4.78 is 23.6. The number of primary sulfonamides is 1. The standard InChI is InChI=1S/C19H17N5O5S/c20-13-7-10-18(30(21,28)29)15(11-13)12-5-8-14(9-6-12)22-19(25)23-16-3-1-2-4-17(16)24(26)27/h1-11H,20H2,(H2,21,28,29)(H2,22,23,25). The van der Waals surface area contributed by atoms with Crippen molar-refractivity contribution in [2.75, 3.05) is 16.4 Å². The van der Waals surface area contributed by atoms with Crippen LogP contribution in [0.3, 0.4) is 0 Å². The van der Waals surface area contributed by atoms with Gasteiger partial charge < -0.3 is 16.4 Å². The van der Waals surface area contributed by atoms with Crippen LogP contribution in [0.15, 0.2) is 71.6 Å². The first-order chi connectivity index (χ1) is 14.1. The molecule has 11 heteroatoms. The number of carbonyl (C=O) groups is 1. The Balaban J connectivity index is 1.80. The lowest BCUT2D eigenvalue weighted by molar-refractivity contribution is -0.383. The van der Waals surface area contributed by atoms with Gasteiger partial charge in [-0.15, -0.1) is 0 Å². The van der Waals surface area contributed by atoms with Gasteiger partial charge in [-0.1, -0.05) is 24.3 Å². The Morgan fingerprint density at radius 3 is 2.27 bits per heavy atom. The van der Waals surface area contributed by atoms with E-state index in [9.17, 15) is 23.3 Å². The highest BCUT2D eigenvalue weighted by molar-refractivity contribution is 7.89. The number of amides is 2. The number of hydrogen-bond donors (Lipinski definition) is 4. The molecule has 0 spiro atoms. The fourth-order valence-corrected chi connectivity index (χ4v) is 3.52. The molecular weight excluding hydrogens is 410 g/mol. The van der Waals surface area contributed by atoms with Gasteiger partial charge in [-0.25, -0.2) is 18.4 Å². The van der Waals surface area contributed by atoms with E-state index in [-0.39, 0.29) is 16.3 Å². The first kappa shape index (κ1) is 20.8. The minimum absolute atomic E-state index is 0.0502. The average molecular weight is 427 g/mol. The highest BCUT2D eigenvalue weighted by Crippen LogP contribution is 2.30. The molecule has 30 heavy (non-hydrogen) atoms. The summed E-state index contributed by atoms with van der Waals surface area (Å²) in [4.78, 5) is 22.5. The van der Waals surface area contributed by atoms with Gasteiger partial charge in [0, 0.05) is 23.0 Å². The van der Waals surface area contributed by atoms with Crippen LogP contribution in [0.1, 0.15) is 0 Å². The van der Waals surface area contributed by atoms with Crippen LogP contribution in [0, 0.1) is 10.1 Å². The summed E-state index contributed by atoms with van der Waals surface area (Å²) in [6, 6.07) is 15.6. The number of nitrogen functional groups attached to an aromatic ring is 1. The molecule has 0 aromatic heterocycles. The third-order valence-corrected chi connectivity index (χ3v) is 5.08. The fraction of sp³-hybridized carbons (Fsp3) is 0. The minimum Gasteiger partial charge on any atom is -0.399 e. The van der Waals surface area contributed by atoms with Gasteiger partial charge in [0.1, 0.15) is 5.69 Å². The lowest BCUT2D eigenvalue weighted by atomic mass is 10.0. The van der Waals surface area contributed by atoms with E-state index in [1.54, 1.807) is 30.3 Å². The summed E-state index contributed by atoms with van der Waals surface area (Å²) in [7, 11) is -3.96. The van der Waals surface area contributed by atoms with E-state index in [2.05, 4.69) is 10.6 Å². The third-order valence-electron chi connectivity index (χ3n) is 4.11. The first-order valence-corrected chi connectivity index (χ1v) is 10.0. The molecule has 2 amide bonds. The van der Waals surface area contributed by atoms with Gasteiger partial charge in [-0.2, -0.15) is 0 Å². The maximum Gasteiger partial charge on any atom is 0.323 e. The number of urea groups is 1. The number of nitro groups is 1. The summed E-state index contributed by atoms with van der Waals surface area (Å²) in [5.74, 6) is 0. The van der Waals surface area contributed by atoms with Crippen molar-refractivity contribution in [2.45, 2.75) is 4.90 Å². The number of sulfonamides is 1. The molecule has 3 aromatic carbocycles. The van der Waals surface area contributed by atoms with E-state index in [0.717, 1.165) is 0 Å². The quantitative estimate of drug-likeness (QED) is 0.277. The van der Waals surface area contributed by atoms with Gasteiger partial charge in [-0.3, -0.25) is 10.1 Å². The lowest BCUT2D eigenvalue weighted by Crippen LogP contribution is -2.20. The van der Waals surface area contributed by atoms with Gasteiger partial charge in [0.25, 0.3) is 5.69 Å². The second kappa shape index (κ2) is 8.19. The zero-order valence-corrected chi connectivity index (χ0v) is 16.2. The van der Waals surface area contributed by atoms with E-state index in [1.807, 2.05) is 0 Å². The van der Waals surface area contributed by atoms with Crippen LogP contribution in [0.4, 0.5) is 27.5 Å². The Morgan fingerprint density at radius 1 is 0.967 bits per heavy atom. The molecule has 0 fully saturated rings. The molecule has 0 radical (unpaired) electrons. The topological polar surface area (TPSA) is 170 Å². The largest absolute Gasteiger partial charge is 0.399 e. The van der Waals surface area contributed by atoms with E-state index >= 15 is 0 Å². The summed E-state index contributed by atoms with van der Waals surface area (Å²) in [6.07, 6.45) is 0. The van der Waals surface area contributed by atoms with Gasteiger partial charge in [0.15, 0.2) is 0 Å². The molecule has 3 rings (SSSR count). The van der Waals surface area contributed by atoms with Crippen molar-refractivity contribution in [2.24, 2.45) is 5.14 Å². The van der Waals surface area contributed by atoms with Crippen molar-refractivity contribution in [3.8, 4) is 11.1 Å². The maximum atomic E-state index is 12.2. The van der Waals surface area contributed by atoms with E-state index in [4.69, 9.17) is 10.9 Å². The first-order valence-electron chi connectivity index (χ1n) is 8.49. The molecule has 0 aliphatic carbocycles. The highest BCUT2D eigenvalue weighted by Gasteiger charge is 2.17. The minimum atomic E-state index is -3.96. The number of nitro benzene ring substituents is 1. The Labute approximate surface area is 171 Å². The van der Waals surface area contributed by atoms with E-state index in [0.29, 0.717) is 22.5 Å². The van der Waals surface area contributed by atoms with E-state index in [1.165, 1.54) is 36.4 Å². The number of hydrogen-bond acceptors (Lipinski definition) is 6. The zero-order chi connectivity index (χ0) is 21.9. The van der Waals surface area contributed by atoms with Gasteiger partial charge >= 0.3 is 6.03 Å². The van der Waals surface area contributed by atoms with Crippen molar-refractivity contribution in [3.63, 3.8) is 0 Å². The third kappa shape index (κ3) is 4.71. The average Bonchev–Trinajstić information content (AvgIpc) is 2.67. The van der Waals surface area contributed by atoms with Crippen LogP contribution >= 0.6 is 0 Å². The Morgan fingerprint density at radius 2 is 1.63 bits per heavy atom. The van der Waals surface area contributed by atoms with Crippen molar-refractivity contribution in [3.05, 3.63) is 76.8 Å². The molecule has 6 N–H and O–H groups in total. The Bertz CT molecular complexity index is 1230. The molecule has 0 aliphatic heterocycles. The number of para-hydroxylation sites is 2. The molecule has 0 saturated carbocycles. The van der Waals surface area contributed by atoms with Crippen molar-refractivity contribution >= 4 is 38.8 Å². The Kier molecular flexibility index (Phi) is 5.67. The van der Waals surface area contributed by atoms with Crippen LogP contribution in [-0.4, -0.2) is 19.4 Å². The second-order valence-electron chi connectivity index (χ2n) is 6.23. The second-order valence-corrected chi connectivity index (χ2v) is 7.76. The highest BCUT2D eigenvalue weighted by atomic mass is 32.2. The monoisotopic (exact) mass is 427 g/mol. The molecule has 0 bridgehead atoms. The number of nitrogens with two attached hydrogens (primary N) is 2. The lowest BCUT2D eigenvalue weighted by Gasteiger charge is -2.11. The number of nitrogens with zero attached hydrogens (tertiary/aromatic N) is 1. The molecule has 0 atom stereocenters. The van der Waals surface area contributed by atoms with Crippen LogP contribution in [-0.2, 0) is 10.0 Å².